The summed E-state index contributed by atoms with van der Waals surface area (Å²) in [5.41, 5.74) is 5.99. The van der Waals surface area contributed by atoms with Crippen LogP contribution < -0.4 is 11.1 Å². The molecule has 0 aliphatic heterocycles. The van der Waals surface area contributed by atoms with Gasteiger partial charge in [-0.3, -0.25) is 4.79 Å². The van der Waals surface area contributed by atoms with Gasteiger partial charge in [-0.25, -0.2) is 0 Å². The molecule has 4 rings (SSSR count). The van der Waals surface area contributed by atoms with Crippen LogP contribution in [0.5, 0.6) is 0 Å². The fourth-order valence-electron chi connectivity index (χ4n) is 6.21. The first-order chi connectivity index (χ1) is 14.5. The van der Waals surface area contributed by atoms with Gasteiger partial charge in [-0.1, -0.05) is 89.6 Å². The molecule has 3 heteroatoms. The number of hydrogen-bond acceptors (Lipinski definition) is 2. The van der Waals surface area contributed by atoms with Crippen LogP contribution >= 0.6 is 0 Å². The summed E-state index contributed by atoms with van der Waals surface area (Å²) in [6, 6.07) is 11.5. The van der Waals surface area contributed by atoms with E-state index in [1.165, 1.54) is 76.8 Å². The average molecular weight is 415 g/mol. The molecule has 30 heavy (non-hydrogen) atoms. The number of amides is 1. The molecular weight excluding hydrogens is 368 g/mol. The molecule has 3 unspecified atom stereocenters. The van der Waals surface area contributed by atoms with E-state index in [1.54, 1.807) is 0 Å². The van der Waals surface area contributed by atoms with Gasteiger partial charge in [-0.15, -0.1) is 0 Å². The Bertz CT molecular complexity index is 625. The Morgan fingerprint density at radius 1 is 1.00 bits per heavy atom. The lowest BCUT2D eigenvalue weighted by molar-refractivity contribution is -0.136. The monoisotopic (exact) mass is 414 g/mol. The standard InChI is InChI=1S/C23H33NO.C3H8.CH5N/c1-22(21(25)24-20-12-6-3-7-13-20)15-18-9-8-14-23(16-18,17-22)19-10-4-2-5-11-19;1-3-2;1-2/h2,4-5,10-11,18,20H,3,6-9,12-17H2,1H3,(H,24,25);3H2,1-2H3;2H2,1H3. The highest BCUT2D eigenvalue weighted by molar-refractivity contribution is 5.83. The molecule has 1 aromatic rings. The highest BCUT2D eigenvalue weighted by Crippen LogP contribution is 2.56. The van der Waals surface area contributed by atoms with Crippen LogP contribution in [0.1, 0.15) is 103 Å². The lowest BCUT2D eigenvalue weighted by atomic mass is 9.52. The number of carbonyl (C=O) groups excluding carboxylic acids is 1. The van der Waals surface area contributed by atoms with Gasteiger partial charge in [0.2, 0.25) is 5.91 Å². The number of fused-ring (bicyclic) bond motifs is 2. The lowest BCUT2D eigenvalue weighted by Crippen LogP contribution is -2.53. The van der Waals surface area contributed by atoms with Crippen molar-refractivity contribution < 1.29 is 4.79 Å². The van der Waals surface area contributed by atoms with Gasteiger partial charge in [-0.2, -0.15) is 0 Å². The van der Waals surface area contributed by atoms with Crippen molar-refractivity contribution in [3.8, 4) is 0 Å². The highest BCUT2D eigenvalue weighted by Gasteiger charge is 2.51. The number of nitrogens with two attached hydrogens (primary N) is 1. The topological polar surface area (TPSA) is 55.1 Å². The number of carbonyl (C=O) groups is 1. The summed E-state index contributed by atoms with van der Waals surface area (Å²) < 4.78 is 0. The van der Waals surface area contributed by atoms with Crippen LogP contribution in [0.15, 0.2) is 30.3 Å². The smallest absolute Gasteiger partial charge is 0.226 e. The Hall–Kier alpha value is -1.35. The SMILES string of the molecule is CC1(C(=O)NC2CCCCC2)CC2CCCC(c3ccccc3)(C2)C1.CCC.CN. The molecule has 3 N–H and O–H groups in total. The van der Waals surface area contributed by atoms with Gasteiger partial charge in [0.25, 0.3) is 0 Å². The molecule has 0 radical (unpaired) electrons. The van der Waals surface area contributed by atoms with Gasteiger partial charge in [0.05, 0.1) is 0 Å². The third-order valence-electron chi connectivity index (χ3n) is 7.29. The Labute approximate surface area is 185 Å². The summed E-state index contributed by atoms with van der Waals surface area (Å²) in [6.45, 7) is 6.50. The maximum absolute atomic E-state index is 13.3. The van der Waals surface area contributed by atoms with Gasteiger partial charge in [0.15, 0.2) is 0 Å². The van der Waals surface area contributed by atoms with Crippen molar-refractivity contribution in [1.29, 1.82) is 0 Å². The normalized spacial score (nSPS) is 30.8. The van der Waals surface area contributed by atoms with Gasteiger partial charge in [-0.05, 0) is 62.5 Å². The zero-order valence-electron chi connectivity index (χ0n) is 20.0. The summed E-state index contributed by atoms with van der Waals surface area (Å²) in [6.07, 6.45) is 14.8. The van der Waals surface area contributed by atoms with E-state index in [0.717, 1.165) is 12.8 Å². The maximum Gasteiger partial charge on any atom is 0.226 e. The molecule has 3 fully saturated rings. The number of hydrogen-bond donors (Lipinski definition) is 2. The second-order valence-corrected chi connectivity index (χ2v) is 10.1. The van der Waals surface area contributed by atoms with Crippen molar-refractivity contribution in [2.24, 2.45) is 17.1 Å². The number of nitrogens with one attached hydrogen (secondary N) is 1. The maximum atomic E-state index is 13.3. The minimum Gasteiger partial charge on any atom is -0.353 e. The Balaban J connectivity index is 0.000000590. The number of rotatable bonds is 3. The molecule has 3 aliphatic rings. The molecule has 3 saturated carbocycles. The molecular formula is C27H46N2O. The number of benzene rings is 1. The van der Waals surface area contributed by atoms with Crippen LogP contribution in [0, 0.1) is 11.3 Å². The van der Waals surface area contributed by atoms with E-state index in [0.29, 0.717) is 17.9 Å². The van der Waals surface area contributed by atoms with E-state index < -0.39 is 0 Å². The molecule has 1 aromatic carbocycles. The van der Waals surface area contributed by atoms with E-state index in [1.807, 2.05) is 0 Å². The summed E-state index contributed by atoms with van der Waals surface area (Å²) in [7, 11) is 1.50. The largest absolute Gasteiger partial charge is 0.353 e. The second kappa shape index (κ2) is 11.9. The third kappa shape index (κ3) is 6.09. The lowest BCUT2D eigenvalue weighted by Gasteiger charge is -2.52. The summed E-state index contributed by atoms with van der Waals surface area (Å²) in [4.78, 5) is 13.3. The van der Waals surface area contributed by atoms with Crippen molar-refractivity contribution >= 4 is 5.91 Å². The summed E-state index contributed by atoms with van der Waals surface area (Å²) in [5, 5.41) is 3.45. The van der Waals surface area contributed by atoms with Crippen LogP contribution in [0.3, 0.4) is 0 Å². The van der Waals surface area contributed by atoms with E-state index in [2.05, 4.69) is 62.2 Å². The molecule has 2 bridgehead atoms. The molecule has 170 valence electrons. The minimum atomic E-state index is -0.198. The second-order valence-electron chi connectivity index (χ2n) is 10.1. The molecule has 3 aliphatic carbocycles. The van der Waals surface area contributed by atoms with Gasteiger partial charge in [0.1, 0.15) is 0 Å². The molecule has 0 saturated heterocycles. The molecule has 1 amide bonds. The predicted molar refractivity (Wildman–Crippen MR) is 129 cm³/mol. The third-order valence-corrected chi connectivity index (χ3v) is 7.29. The summed E-state index contributed by atoms with van der Waals surface area (Å²) >= 11 is 0. The van der Waals surface area contributed by atoms with E-state index in [4.69, 9.17) is 0 Å². The zero-order chi connectivity index (χ0) is 22.0. The quantitative estimate of drug-likeness (QED) is 0.605. The van der Waals surface area contributed by atoms with Crippen LogP contribution in [0.2, 0.25) is 0 Å². The first-order valence-electron chi connectivity index (χ1n) is 12.5. The van der Waals surface area contributed by atoms with E-state index >= 15 is 0 Å². The predicted octanol–water partition coefficient (Wildman–Crippen LogP) is 6.35. The van der Waals surface area contributed by atoms with Gasteiger partial charge < -0.3 is 11.1 Å². The van der Waals surface area contributed by atoms with Crippen LogP contribution in [-0.4, -0.2) is 19.0 Å². The van der Waals surface area contributed by atoms with Crippen LogP contribution in [0.25, 0.3) is 0 Å². The van der Waals surface area contributed by atoms with Gasteiger partial charge in [0, 0.05) is 11.5 Å². The van der Waals surface area contributed by atoms with E-state index in [-0.39, 0.29) is 10.8 Å². The summed E-state index contributed by atoms with van der Waals surface area (Å²) in [5.74, 6) is 1.05. The Morgan fingerprint density at radius 3 is 2.27 bits per heavy atom. The highest BCUT2D eigenvalue weighted by atomic mass is 16.2. The van der Waals surface area contributed by atoms with Crippen LogP contribution in [-0.2, 0) is 10.2 Å². The van der Waals surface area contributed by atoms with E-state index in [9.17, 15) is 4.79 Å². The molecule has 0 heterocycles. The first kappa shape index (κ1) is 24.9. The van der Waals surface area contributed by atoms with Crippen molar-refractivity contribution in [2.75, 3.05) is 7.05 Å². The van der Waals surface area contributed by atoms with Crippen molar-refractivity contribution in [3.05, 3.63) is 35.9 Å². The first-order valence-corrected chi connectivity index (χ1v) is 12.5. The average Bonchev–Trinajstić information content (AvgIpc) is 2.77. The van der Waals surface area contributed by atoms with Crippen LogP contribution in [0.4, 0.5) is 0 Å². The molecule has 0 aromatic heterocycles. The van der Waals surface area contributed by atoms with Crippen molar-refractivity contribution in [1.82, 2.24) is 5.32 Å². The fraction of sp³-hybridized carbons (Fsp3) is 0.741. The van der Waals surface area contributed by atoms with Crippen molar-refractivity contribution in [2.45, 2.75) is 109 Å². The Morgan fingerprint density at radius 2 is 1.63 bits per heavy atom. The molecule has 3 nitrogen and oxygen atoms in total. The van der Waals surface area contributed by atoms with Crippen molar-refractivity contribution in [3.63, 3.8) is 0 Å². The van der Waals surface area contributed by atoms with Gasteiger partial charge >= 0.3 is 0 Å². The molecule has 0 spiro atoms. The fourth-order valence-corrected chi connectivity index (χ4v) is 6.21. The zero-order valence-corrected chi connectivity index (χ0v) is 20.0. The minimum absolute atomic E-state index is 0.198. The molecule has 3 atom stereocenters. The Kier molecular flexibility index (Phi) is 9.87.